The van der Waals surface area contributed by atoms with Crippen LogP contribution in [0.15, 0.2) is 85.1 Å². The van der Waals surface area contributed by atoms with Gasteiger partial charge >= 0.3 is 0 Å². The number of nitro benzene ring substituents is 1. The molecule has 3 aromatic carbocycles. The van der Waals surface area contributed by atoms with Crippen molar-refractivity contribution in [2.24, 2.45) is 0 Å². The summed E-state index contributed by atoms with van der Waals surface area (Å²) in [4.78, 5) is 15.0. The molecule has 0 radical (unpaired) electrons. The molecule has 0 amide bonds. The molecule has 138 valence electrons. The second kappa shape index (κ2) is 7.75. The van der Waals surface area contributed by atoms with Gasteiger partial charge in [0, 0.05) is 41.2 Å². The van der Waals surface area contributed by atoms with Gasteiger partial charge in [-0.25, -0.2) is 0 Å². The molecule has 1 heterocycles. The SMILES string of the molecule is O=[N+]([O-])c1cccc(Nc2ccnc3cc(OCc4ccccc4)ccc23)c1. The molecule has 4 rings (SSSR count). The predicted molar refractivity (Wildman–Crippen MR) is 109 cm³/mol. The zero-order valence-electron chi connectivity index (χ0n) is 14.9. The monoisotopic (exact) mass is 371 g/mol. The lowest BCUT2D eigenvalue weighted by Crippen LogP contribution is -1.96. The molecule has 4 aromatic rings. The molecular weight excluding hydrogens is 354 g/mol. The number of ether oxygens (including phenoxy) is 1. The van der Waals surface area contributed by atoms with E-state index in [0.717, 1.165) is 27.9 Å². The Morgan fingerprint density at radius 2 is 1.82 bits per heavy atom. The normalized spacial score (nSPS) is 10.6. The average molecular weight is 371 g/mol. The Morgan fingerprint density at radius 1 is 0.964 bits per heavy atom. The number of non-ortho nitro benzene ring substituents is 1. The minimum absolute atomic E-state index is 0.0416. The summed E-state index contributed by atoms with van der Waals surface area (Å²) in [5.74, 6) is 0.733. The molecule has 0 fully saturated rings. The van der Waals surface area contributed by atoms with E-state index in [4.69, 9.17) is 4.74 Å². The molecule has 1 aromatic heterocycles. The highest BCUT2D eigenvalue weighted by Gasteiger charge is 2.08. The number of hydrogen-bond donors (Lipinski definition) is 1. The van der Waals surface area contributed by atoms with Gasteiger partial charge in [0.15, 0.2) is 0 Å². The van der Waals surface area contributed by atoms with Gasteiger partial charge < -0.3 is 10.1 Å². The first kappa shape index (κ1) is 17.5. The maximum absolute atomic E-state index is 11.0. The highest BCUT2D eigenvalue weighted by Crippen LogP contribution is 2.29. The van der Waals surface area contributed by atoms with Crippen LogP contribution >= 0.6 is 0 Å². The van der Waals surface area contributed by atoms with Gasteiger partial charge in [0.25, 0.3) is 5.69 Å². The van der Waals surface area contributed by atoms with E-state index in [1.807, 2.05) is 54.6 Å². The van der Waals surface area contributed by atoms with Crippen LogP contribution in [0.4, 0.5) is 17.1 Å². The lowest BCUT2D eigenvalue weighted by molar-refractivity contribution is -0.384. The van der Waals surface area contributed by atoms with E-state index >= 15 is 0 Å². The van der Waals surface area contributed by atoms with Crippen molar-refractivity contribution in [3.63, 3.8) is 0 Å². The van der Waals surface area contributed by atoms with Crippen molar-refractivity contribution in [1.29, 1.82) is 0 Å². The first-order valence-electron chi connectivity index (χ1n) is 8.76. The van der Waals surface area contributed by atoms with Crippen molar-refractivity contribution in [3.05, 3.63) is 101 Å². The van der Waals surface area contributed by atoms with Gasteiger partial charge in [-0.15, -0.1) is 0 Å². The fourth-order valence-electron chi connectivity index (χ4n) is 2.92. The number of fused-ring (bicyclic) bond motifs is 1. The summed E-state index contributed by atoms with van der Waals surface area (Å²) in [7, 11) is 0. The summed E-state index contributed by atoms with van der Waals surface area (Å²) >= 11 is 0. The van der Waals surface area contributed by atoms with Crippen molar-refractivity contribution in [3.8, 4) is 5.75 Å². The summed E-state index contributed by atoms with van der Waals surface area (Å²) in [6, 6.07) is 23.9. The van der Waals surface area contributed by atoms with Gasteiger partial charge in [-0.1, -0.05) is 36.4 Å². The third-order valence-electron chi connectivity index (χ3n) is 4.30. The molecule has 0 aliphatic carbocycles. The summed E-state index contributed by atoms with van der Waals surface area (Å²) in [5, 5.41) is 15.1. The topological polar surface area (TPSA) is 77.3 Å². The van der Waals surface area contributed by atoms with E-state index in [1.165, 1.54) is 12.1 Å². The molecule has 6 nitrogen and oxygen atoms in total. The lowest BCUT2D eigenvalue weighted by atomic mass is 10.1. The molecule has 0 saturated carbocycles. The largest absolute Gasteiger partial charge is 0.489 e. The Morgan fingerprint density at radius 3 is 2.64 bits per heavy atom. The molecule has 0 unspecified atom stereocenters. The second-order valence-corrected chi connectivity index (χ2v) is 6.24. The minimum atomic E-state index is -0.411. The number of nitrogens with one attached hydrogen (secondary N) is 1. The van der Waals surface area contributed by atoms with Crippen molar-refractivity contribution < 1.29 is 9.66 Å². The van der Waals surface area contributed by atoms with Crippen LogP contribution in [0.25, 0.3) is 10.9 Å². The first-order valence-corrected chi connectivity index (χ1v) is 8.76. The van der Waals surface area contributed by atoms with Crippen molar-refractivity contribution >= 4 is 28.0 Å². The molecule has 6 heteroatoms. The van der Waals surface area contributed by atoms with E-state index in [-0.39, 0.29) is 5.69 Å². The Bertz CT molecular complexity index is 1130. The van der Waals surface area contributed by atoms with Crippen molar-refractivity contribution in [2.45, 2.75) is 6.61 Å². The Labute approximate surface area is 161 Å². The van der Waals surface area contributed by atoms with Crippen LogP contribution in [0.1, 0.15) is 5.56 Å². The van der Waals surface area contributed by atoms with Gasteiger partial charge in [0.05, 0.1) is 10.4 Å². The smallest absolute Gasteiger partial charge is 0.271 e. The van der Waals surface area contributed by atoms with E-state index in [1.54, 1.807) is 18.3 Å². The summed E-state index contributed by atoms with van der Waals surface area (Å²) in [5.41, 5.74) is 3.38. The summed E-state index contributed by atoms with van der Waals surface area (Å²) in [6.45, 7) is 0.484. The maximum atomic E-state index is 11.0. The van der Waals surface area contributed by atoms with Gasteiger partial charge in [0.1, 0.15) is 12.4 Å². The number of benzene rings is 3. The third-order valence-corrected chi connectivity index (χ3v) is 4.30. The fraction of sp³-hybridized carbons (Fsp3) is 0.0455. The van der Waals surface area contributed by atoms with Gasteiger partial charge in [-0.2, -0.15) is 0 Å². The van der Waals surface area contributed by atoms with Crippen LogP contribution in [0, 0.1) is 10.1 Å². The molecule has 0 aliphatic rings. The molecule has 1 N–H and O–H groups in total. The number of aromatic nitrogens is 1. The highest BCUT2D eigenvalue weighted by molar-refractivity contribution is 5.93. The third kappa shape index (κ3) is 3.91. The average Bonchev–Trinajstić information content (AvgIpc) is 2.73. The second-order valence-electron chi connectivity index (χ2n) is 6.24. The number of pyridine rings is 1. The Balaban J connectivity index is 1.57. The lowest BCUT2D eigenvalue weighted by Gasteiger charge is -2.11. The molecule has 0 bridgehead atoms. The molecule has 0 aliphatic heterocycles. The van der Waals surface area contributed by atoms with Crippen LogP contribution in [0.3, 0.4) is 0 Å². The number of nitro groups is 1. The number of anilines is 2. The molecule has 28 heavy (non-hydrogen) atoms. The van der Waals surface area contributed by atoms with Crippen LogP contribution in [-0.2, 0) is 6.61 Å². The zero-order chi connectivity index (χ0) is 19.3. The van der Waals surface area contributed by atoms with Crippen LogP contribution in [0.5, 0.6) is 5.75 Å². The van der Waals surface area contributed by atoms with Gasteiger partial charge in [-0.05, 0) is 29.8 Å². The summed E-state index contributed by atoms with van der Waals surface area (Å²) in [6.07, 6.45) is 1.70. The number of hydrogen-bond acceptors (Lipinski definition) is 5. The molecule has 0 spiro atoms. The number of nitrogens with zero attached hydrogens (tertiary/aromatic N) is 2. The predicted octanol–water partition coefficient (Wildman–Crippen LogP) is 5.47. The van der Waals surface area contributed by atoms with Crippen molar-refractivity contribution in [1.82, 2.24) is 4.98 Å². The maximum Gasteiger partial charge on any atom is 0.271 e. The highest BCUT2D eigenvalue weighted by atomic mass is 16.6. The van der Waals surface area contributed by atoms with Crippen LogP contribution in [-0.4, -0.2) is 9.91 Å². The molecule has 0 atom stereocenters. The standard InChI is InChI=1S/C22H17N3O3/c26-25(27)18-8-4-7-17(13-18)24-21-11-12-23-22-14-19(9-10-20(21)22)28-15-16-5-2-1-3-6-16/h1-14H,15H2,(H,23,24). The molecule has 0 saturated heterocycles. The first-order chi connectivity index (χ1) is 13.7. The van der Waals surface area contributed by atoms with E-state index < -0.39 is 4.92 Å². The minimum Gasteiger partial charge on any atom is -0.489 e. The van der Waals surface area contributed by atoms with Crippen LogP contribution < -0.4 is 10.1 Å². The van der Waals surface area contributed by atoms with Gasteiger partial charge in [0.2, 0.25) is 0 Å². The molecular formula is C22H17N3O3. The van der Waals surface area contributed by atoms with E-state index in [2.05, 4.69) is 10.3 Å². The Kier molecular flexibility index (Phi) is 4.84. The number of rotatable bonds is 6. The zero-order valence-corrected chi connectivity index (χ0v) is 14.9. The van der Waals surface area contributed by atoms with E-state index in [9.17, 15) is 10.1 Å². The van der Waals surface area contributed by atoms with E-state index in [0.29, 0.717) is 12.3 Å². The van der Waals surface area contributed by atoms with Crippen molar-refractivity contribution in [2.75, 3.05) is 5.32 Å². The quantitative estimate of drug-likeness (QED) is 0.359. The van der Waals surface area contributed by atoms with Gasteiger partial charge in [-0.3, -0.25) is 15.1 Å². The summed E-state index contributed by atoms with van der Waals surface area (Å²) < 4.78 is 5.87. The Hall–Kier alpha value is -3.93. The van der Waals surface area contributed by atoms with Crippen LogP contribution in [0.2, 0.25) is 0 Å². The fourth-order valence-corrected chi connectivity index (χ4v) is 2.92.